The molecule has 0 spiro atoms. The minimum absolute atomic E-state index is 0.0456. The Morgan fingerprint density at radius 1 is 1.03 bits per heavy atom. The molecule has 0 bridgehead atoms. The molecule has 1 saturated heterocycles. The van der Waals surface area contributed by atoms with Crippen molar-refractivity contribution in [3.8, 4) is 5.75 Å². The van der Waals surface area contributed by atoms with Crippen LogP contribution in [0, 0.1) is 12.7 Å². The molecule has 0 unspecified atom stereocenters. The molecule has 1 aliphatic heterocycles. The van der Waals surface area contributed by atoms with E-state index in [0.29, 0.717) is 11.6 Å². The summed E-state index contributed by atoms with van der Waals surface area (Å²) in [6.45, 7) is 3.72. The largest absolute Gasteiger partial charge is 0.481 e. The van der Waals surface area contributed by atoms with Gasteiger partial charge >= 0.3 is 0 Å². The molecule has 0 saturated carbocycles. The highest BCUT2D eigenvalue weighted by Gasteiger charge is 2.14. The number of carbonyl (C=O) groups excluding carboxylic acids is 1. The summed E-state index contributed by atoms with van der Waals surface area (Å²) in [5.41, 5.74) is 2.32. The lowest BCUT2D eigenvalue weighted by Gasteiger charge is -2.28. The van der Waals surface area contributed by atoms with Crippen LogP contribution in [0.25, 0.3) is 0 Å². The van der Waals surface area contributed by atoms with Gasteiger partial charge in [-0.15, -0.1) is 0 Å². The van der Waals surface area contributed by atoms with Crippen molar-refractivity contribution in [1.82, 2.24) is 9.97 Å². The van der Waals surface area contributed by atoms with Gasteiger partial charge in [-0.3, -0.25) is 4.79 Å². The first kappa shape index (κ1) is 21.5. The van der Waals surface area contributed by atoms with Crippen LogP contribution in [0.4, 0.5) is 27.5 Å². The molecule has 3 aromatic rings. The topological polar surface area (TPSA) is 79.4 Å². The molecule has 0 atom stereocenters. The smallest absolute Gasteiger partial charge is 0.262 e. The van der Waals surface area contributed by atoms with E-state index in [0.717, 1.165) is 30.3 Å². The lowest BCUT2D eigenvalue weighted by molar-refractivity contribution is -0.118. The monoisotopic (exact) mass is 435 g/mol. The Balaban J connectivity index is 1.34. The van der Waals surface area contributed by atoms with Crippen LogP contribution < -0.4 is 20.3 Å². The van der Waals surface area contributed by atoms with Crippen molar-refractivity contribution in [1.29, 1.82) is 0 Å². The van der Waals surface area contributed by atoms with Gasteiger partial charge in [0.15, 0.2) is 18.2 Å². The maximum Gasteiger partial charge on any atom is 0.262 e. The fourth-order valence-electron chi connectivity index (χ4n) is 3.56. The number of aromatic nitrogens is 2. The van der Waals surface area contributed by atoms with E-state index >= 15 is 0 Å². The van der Waals surface area contributed by atoms with Gasteiger partial charge in [-0.1, -0.05) is 12.1 Å². The van der Waals surface area contributed by atoms with Crippen LogP contribution in [0.1, 0.15) is 25.0 Å². The highest BCUT2D eigenvalue weighted by atomic mass is 19.1. The number of benzene rings is 2. The molecule has 0 aliphatic carbocycles. The lowest BCUT2D eigenvalue weighted by Crippen LogP contribution is -2.30. The number of nitrogens with one attached hydrogen (secondary N) is 2. The number of nitrogens with zero attached hydrogens (tertiary/aromatic N) is 3. The van der Waals surface area contributed by atoms with Crippen LogP contribution in [-0.4, -0.2) is 35.6 Å². The predicted octanol–water partition coefficient (Wildman–Crippen LogP) is 4.68. The van der Waals surface area contributed by atoms with Crippen LogP contribution in [0.5, 0.6) is 5.75 Å². The number of carbonyl (C=O) groups is 1. The Kier molecular flexibility index (Phi) is 6.79. The van der Waals surface area contributed by atoms with Gasteiger partial charge in [0.25, 0.3) is 5.91 Å². The predicted molar refractivity (Wildman–Crippen MR) is 123 cm³/mol. The van der Waals surface area contributed by atoms with E-state index in [1.54, 1.807) is 24.3 Å². The normalized spacial score (nSPS) is 13.5. The summed E-state index contributed by atoms with van der Waals surface area (Å²) in [4.78, 5) is 23.6. The van der Waals surface area contributed by atoms with E-state index in [1.807, 2.05) is 25.1 Å². The number of hydrogen-bond acceptors (Lipinski definition) is 6. The molecular formula is C24H26FN5O2. The number of para-hydroxylation sites is 1. The fraction of sp³-hybridized carbons (Fsp3) is 0.292. The van der Waals surface area contributed by atoms with Crippen LogP contribution in [0.3, 0.4) is 0 Å². The highest BCUT2D eigenvalue weighted by Crippen LogP contribution is 2.22. The molecule has 1 amide bonds. The van der Waals surface area contributed by atoms with Crippen molar-refractivity contribution in [2.75, 3.05) is 35.2 Å². The Hall–Kier alpha value is -3.68. The zero-order chi connectivity index (χ0) is 22.3. The van der Waals surface area contributed by atoms with E-state index in [4.69, 9.17) is 4.74 Å². The summed E-state index contributed by atoms with van der Waals surface area (Å²) in [5.74, 6) is 0.656. The van der Waals surface area contributed by atoms with Crippen LogP contribution in [-0.2, 0) is 4.79 Å². The van der Waals surface area contributed by atoms with Crippen molar-refractivity contribution in [3.05, 3.63) is 66.1 Å². The molecule has 1 fully saturated rings. The first-order valence-electron chi connectivity index (χ1n) is 10.7. The van der Waals surface area contributed by atoms with Crippen LogP contribution >= 0.6 is 0 Å². The molecule has 2 aromatic carbocycles. The average Bonchev–Trinajstić information content (AvgIpc) is 2.80. The SMILES string of the molecule is Cc1cc(N2CCCCC2)nc(Nc2ccc(NC(=O)COc3ccccc3F)cc2)n1. The first-order valence-corrected chi connectivity index (χ1v) is 10.7. The highest BCUT2D eigenvalue weighted by molar-refractivity contribution is 5.92. The minimum atomic E-state index is -0.502. The van der Waals surface area contributed by atoms with Gasteiger partial charge in [0, 0.05) is 36.2 Å². The third-order valence-corrected chi connectivity index (χ3v) is 5.14. The zero-order valence-electron chi connectivity index (χ0n) is 18.0. The Morgan fingerprint density at radius 3 is 2.50 bits per heavy atom. The lowest BCUT2D eigenvalue weighted by atomic mass is 10.1. The standard InChI is InChI=1S/C24H26FN5O2/c1-17-15-22(30-13-5-2-6-14-30)29-24(26-17)28-19-11-9-18(10-12-19)27-23(31)16-32-21-8-4-3-7-20(21)25/h3-4,7-12,15H,2,5-6,13-14,16H2,1H3,(H,27,31)(H,26,28,29). The van der Waals surface area contributed by atoms with Crippen LogP contribution in [0.15, 0.2) is 54.6 Å². The van der Waals surface area contributed by atoms with Gasteiger partial charge < -0.3 is 20.3 Å². The molecule has 1 aliphatic rings. The van der Waals surface area contributed by atoms with Gasteiger partial charge in [0.2, 0.25) is 5.95 Å². The number of amides is 1. The van der Waals surface area contributed by atoms with E-state index in [9.17, 15) is 9.18 Å². The molecule has 2 N–H and O–H groups in total. The van der Waals surface area contributed by atoms with E-state index in [1.165, 1.54) is 31.4 Å². The van der Waals surface area contributed by atoms with Crippen molar-refractivity contribution >= 4 is 29.0 Å². The molecule has 4 rings (SSSR count). The molecular weight excluding hydrogens is 409 g/mol. The Bertz CT molecular complexity index is 1070. The number of piperidine rings is 1. The summed E-state index contributed by atoms with van der Waals surface area (Å²) in [7, 11) is 0. The van der Waals surface area contributed by atoms with Crippen molar-refractivity contribution in [3.63, 3.8) is 0 Å². The van der Waals surface area contributed by atoms with Crippen molar-refractivity contribution in [2.24, 2.45) is 0 Å². The molecule has 166 valence electrons. The summed E-state index contributed by atoms with van der Waals surface area (Å²) >= 11 is 0. The van der Waals surface area contributed by atoms with Crippen LogP contribution in [0.2, 0.25) is 0 Å². The number of rotatable bonds is 7. The first-order chi connectivity index (χ1) is 15.6. The summed E-state index contributed by atoms with van der Waals surface area (Å²) in [6.07, 6.45) is 3.64. The maximum absolute atomic E-state index is 13.6. The average molecular weight is 436 g/mol. The van der Waals surface area contributed by atoms with Gasteiger partial charge in [-0.2, -0.15) is 4.98 Å². The Labute approximate surface area is 186 Å². The summed E-state index contributed by atoms with van der Waals surface area (Å²) in [6, 6.07) is 15.2. The van der Waals surface area contributed by atoms with Crippen molar-refractivity contribution < 1.29 is 13.9 Å². The Morgan fingerprint density at radius 2 is 1.75 bits per heavy atom. The maximum atomic E-state index is 13.6. The molecule has 1 aromatic heterocycles. The second-order valence-electron chi connectivity index (χ2n) is 7.71. The van der Waals surface area contributed by atoms with E-state index in [2.05, 4.69) is 25.5 Å². The molecule has 32 heavy (non-hydrogen) atoms. The zero-order valence-corrected chi connectivity index (χ0v) is 18.0. The second-order valence-corrected chi connectivity index (χ2v) is 7.71. The molecule has 0 radical (unpaired) electrons. The molecule has 8 heteroatoms. The fourth-order valence-corrected chi connectivity index (χ4v) is 3.56. The second kappa shape index (κ2) is 10.1. The third kappa shape index (κ3) is 5.72. The third-order valence-electron chi connectivity index (χ3n) is 5.14. The number of ether oxygens (including phenoxy) is 1. The molecule has 7 nitrogen and oxygen atoms in total. The van der Waals surface area contributed by atoms with Gasteiger partial charge in [-0.05, 0) is 62.6 Å². The van der Waals surface area contributed by atoms with E-state index < -0.39 is 5.82 Å². The van der Waals surface area contributed by atoms with Crippen molar-refractivity contribution in [2.45, 2.75) is 26.2 Å². The summed E-state index contributed by atoms with van der Waals surface area (Å²) < 4.78 is 18.8. The quantitative estimate of drug-likeness (QED) is 0.561. The van der Waals surface area contributed by atoms with Gasteiger partial charge in [0.05, 0.1) is 0 Å². The van der Waals surface area contributed by atoms with Gasteiger partial charge in [0.1, 0.15) is 5.82 Å². The minimum Gasteiger partial charge on any atom is -0.481 e. The number of aryl methyl sites for hydroxylation is 1. The van der Waals surface area contributed by atoms with Gasteiger partial charge in [-0.25, -0.2) is 9.37 Å². The van der Waals surface area contributed by atoms with E-state index in [-0.39, 0.29) is 18.3 Å². The number of anilines is 4. The molecule has 2 heterocycles. The number of hydrogen-bond donors (Lipinski definition) is 2. The number of halogens is 1. The summed E-state index contributed by atoms with van der Waals surface area (Å²) in [5, 5.41) is 5.96.